The smallest absolute Gasteiger partial charge is 0.272 e. The molecule has 1 unspecified atom stereocenters. The lowest BCUT2D eigenvalue weighted by Gasteiger charge is -2.32. The van der Waals surface area contributed by atoms with E-state index >= 15 is 0 Å². The molecule has 0 aromatic carbocycles. The highest BCUT2D eigenvalue weighted by atomic mass is 35.5. The Hall–Kier alpha value is -2.08. The molecule has 2 aromatic rings. The number of halogens is 1. The molecule has 0 aliphatic carbocycles. The fourth-order valence-corrected chi connectivity index (χ4v) is 3.21. The molecular formula is C17H21ClN4O2. The van der Waals surface area contributed by atoms with Crippen molar-refractivity contribution in [1.82, 2.24) is 19.7 Å². The van der Waals surface area contributed by atoms with Crippen LogP contribution in [-0.4, -0.2) is 45.3 Å². The first-order valence-electron chi connectivity index (χ1n) is 8.08. The third kappa shape index (κ3) is 3.70. The quantitative estimate of drug-likeness (QED) is 0.852. The second-order valence-corrected chi connectivity index (χ2v) is 6.56. The first-order chi connectivity index (χ1) is 11.5. The van der Waals surface area contributed by atoms with E-state index in [1.54, 1.807) is 30.1 Å². The van der Waals surface area contributed by atoms with Gasteiger partial charge in [0.25, 0.3) is 5.91 Å². The normalized spacial score (nSPS) is 17.8. The maximum Gasteiger partial charge on any atom is 0.272 e. The number of carbonyl (C=O) groups is 1. The highest BCUT2D eigenvalue weighted by Gasteiger charge is 2.27. The maximum atomic E-state index is 12.7. The van der Waals surface area contributed by atoms with E-state index in [4.69, 9.17) is 16.3 Å². The molecule has 1 fully saturated rings. The van der Waals surface area contributed by atoms with Crippen LogP contribution in [0.5, 0.6) is 5.88 Å². The molecule has 1 amide bonds. The largest absolute Gasteiger partial charge is 0.476 e. The Morgan fingerprint density at radius 1 is 1.50 bits per heavy atom. The summed E-state index contributed by atoms with van der Waals surface area (Å²) in [6.45, 7) is 3.84. The standard InChI is InChI=1S/C17H21ClN4O2/c1-12-9-15(21(2)20-12)17(23)22-8-4-5-13(10-22)11-24-16-14(18)6-3-7-19-16/h3,6-7,9,13H,4-5,8,10-11H2,1-2H3. The molecule has 1 aliphatic rings. The van der Waals surface area contributed by atoms with Gasteiger partial charge in [-0.15, -0.1) is 0 Å². The molecule has 2 aromatic heterocycles. The minimum Gasteiger partial charge on any atom is -0.476 e. The number of aryl methyl sites for hydroxylation is 2. The second-order valence-electron chi connectivity index (χ2n) is 6.16. The van der Waals surface area contributed by atoms with Crippen LogP contribution in [0.2, 0.25) is 5.02 Å². The lowest BCUT2D eigenvalue weighted by Crippen LogP contribution is -2.42. The van der Waals surface area contributed by atoms with Gasteiger partial charge in [0, 0.05) is 32.3 Å². The Bertz CT molecular complexity index is 731. The van der Waals surface area contributed by atoms with E-state index in [9.17, 15) is 4.79 Å². The summed E-state index contributed by atoms with van der Waals surface area (Å²) < 4.78 is 7.38. The lowest BCUT2D eigenvalue weighted by molar-refractivity contribution is 0.0620. The monoisotopic (exact) mass is 348 g/mol. The predicted molar refractivity (Wildman–Crippen MR) is 91.3 cm³/mol. The van der Waals surface area contributed by atoms with Crippen molar-refractivity contribution in [2.45, 2.75) is 19.8 Å². The molecule has 0 bridgehead atoms. The van der Waals surface area contributed by atoms with Gasteiger partial charge in [0.2, 0.25) is 5.88 Å². The second kappa shape index (κ2) is 7.21. The number of carbonyl (C=O) groups excluding carboxylic acids is 1. The molecule has 1 aliphatic heterocycles. The Morgan fingerprint density at radius 2 is 2.33 bits per heavy atom. The van der Waals surface area contributed by atoms with Crippen molar-refractivity contribution in [2.24, 2.45) is 13.0 Å². The number of amides is 1. The summed E-state index contributed by atoms with van der Waals surface area (Å²) in [5.74, 6) is 0.749. The number of likely N-dealkylation sites (tertiary alicyclic amines) is 1. The van der Waals surface area contributed by atoms with E-state index in [0.29, 0.717) is 29.7 Å². The Balaban J connectivity index is 1.61. The van der Waals surface area contributed by atoms with Gasteiger partial charge >= 0.3 is 0 Å². The topological polar surface area (TPSA) is 60.3 Å². The maximum absolute atomic E-state index is 12.7. The molecule has 1 saturated heterocycles. The van der Waals surface area contributed by atoms with Crippen LogP contribution >= 0.6 is 11.6 Å². The van der Waals surface area contributed by atoms with Gasteiger partial charge in [-0.1, -0.05) is 11.6 Å². The number of hydrogen-bond donors (Lipinski definition) is 0. The van der Waals surface area contributed by atoms with E-state index in [1.807, 2.05) is 17.9 Å². The molecule has 128 valence electrons. The number of ether oxygens (including phenoxy) is 1. The summed E-state index contributed by atoms with van der Waals surface area (Å²) in [6, 6.07) is 5.35. The van der Waals surface area contributed by atoms with Crippen molar-refractivity contribution >= 4 is 17.5 Å². The molecule has 0 saturated carbocycles. The summed E-state index contributed by atoms with van der Waals surface area (Å²) in [7, 11) is 1.80. The van der Waals surface area contributed by atoms with Crippen LogP contribution < -0.4 is 4.74 Å². The molecule has 3 heterocycles. The average molecular weight is 349 g/mol. The first kappa shape index (κ1) is 16.8. The van der Waals surface area contributed by atoms with Gasteiger partial charge in [-0.2, -0.15) is 5.10 Å². The summed E-state index contributed by atoms with van der Waals surface area (Å²) in [4.78, 5) is 18.7. The molecule has 24 heavy (non-hydrogen) atoms. The van der Waals surface area contributed by atoms with E-state index in [-0.39, 0.29) is 11.8 Å². The van der Waals surface area contributed by atoms with Crippen molar-refractivity contribution in [1.29, 1.82) is 0 Å². The van der Waals surface area contributed by atoms with Gasteiger partial charge in [0.15, 0.2) is 0 Å². The number of rotatable bonds is 4. The summed E-state index contributed by atoms with van der Waals surface area (Å²) in [6.07, 6.45) is 3.65. The number of piperidine rings is 1. The van der Waals surface area contributed by atoms with Gasteiger partial charge in [0.05, 0.1) is 12.3 Å². The summed E-state index contributed by atoms with van der Waals surface area (Å²) in [5, 5.41) is 4.76. The molecule has 0 N–H and O–H groups in total. The minimum atomic E-state index is 0.0265. The zero-order valence-corrected chi connectivity index (χ0v) is 14.7. The van der Waals surface area contributed by atoms with Crippen molar-refractivity contribution in [3.05, 3.63) is 40.8 Å². The lowest BCUT2D eigenvalue weighted by atomic mass is 9.98. The van der Waals surface area contributed by atoms with Crippen molar-refractivity contribution in [2.75, 3.05) is 19.7 Å². The Morgan fingerprint density at radius 3 is 3.04 bits per heavy atom. The van der Waals surface area contributed by atoms with Crippen LogP contribution in [0.25, 0.3) is 0 Å². The zero-order chi connectivity index (χ0) is 17.1. The Kier molecular flexibility index (Phi) is 5.04. The van der Waals surface area contributed by atoms with Gasteiger partial charge < -0.3 is 9.64 Å². The van der Waals surface area contributed by atoms with Crippen molar-refractivity contribution in [3.8, 4) is 5.88 Å². The predicted octanol–water partition coefficient (Wildman–Crippen LogP) is 2.71. The third-order valence-corrected chi connectivity index (χ3v) is 4.50. The number of nitrogens with zero attached hydrogens (tertiary/aromatic N) is 4. The van der Waals surface area contributed by atoms with Crippen molar-refractivity contribution in [3.63, 3.8) is 0 Å². The molecular weight excluding hydrogens is 328 g/mol. The van der Waals surface area contributed by atoms with E-state index in [0.717, 1.165) is 25.1 Å². The highest BCUT2D eigenvalue weighted by Crippen LogP contribution is 2.23. The first-order valence-corrected chi connectivity index (χ1v) is 8.45. The molecule has 0 radical (unpaired) electrons. The number of hydrogen-bond acceptors (Lipinski definition) is 4. The zero-order valence-electron chi connectivity index (χ0n) is 13.9. The number of aromatic nitrogens is 3. The highest BCUT2D eigenvalue weighted by molar-refractivity contribution is 6.31. The average Bonchev–Trinajstić information content (AvgIpc) is 2.92. The molecule has 6 nitrogen and oxygen atoms in total. The fraction of sp³-hybridized carbons (Fsp3) is 0.471. The van der Waals surface area contributed by atoms with Crippen LogP contribution in [0.1, 0.15) is 29.0 Å². The van der Waals surface area contributed by atoms with E-state index in [1.165, 1.54) is 0 Å². The van der Waals surface area contributed by atoms with E-state index in [2.05, 4.69) is 10.1 Å². The van der Waals surface area contributed by atoms with Gasteiger partial charge in [0.1, 0.15) is 10.7 Å². The molecule has 0 spiro atoms. The van der Waals surface area contributed by atoms with Gasteiger partial charge in [-0.3, -0.25) is 9.48 Å². The minimum absolute atomic E-state index is 0.0265. The van der Waals surface area contributed by atoms with Crippen LogP contribution in [0.15, 0.2) is 24.4 Å². The fourth-order valence-electron chi connectivity index (χ4n) is 3.03. The van der Waals surface area contributed by atoms with Crippen molar-refractivity contribution < 1.29 is 9.53 Å². The Labute approximate surface area is 146 Å². The third-order valence-electron chi connectivity index (χ3n) is 4.21. The van der Waals surface area contributed by atoms with Crippen LogP contribution in [0.3, 0.4) is 0 Å². The van der Waals surface area contributed by atoms with Gasteiger partial charge in [-0.05, 0) is 38.0 Å². The SMILES string of the molecule is Cc1cc(C(=O)N2CCCC(COc3ncccc3Cl)C2)n(C)n1. The van der Waals surface area contributed by atoms with E-state index < -0.39 is 0 Å². The number of pyridine rings is 1. The van der Waals surface area contributed by atoms with Crippen LogP contribution in [0.4, 0.5) is 0 Å². The molecule has 3 rings (SSSR count). The summed E-state index contributed by atoms with van der Waals surface area (Å²) >= 11 is 6.06. The van der Waals surface area contributed by atoms with Crippen LogP contribution in [-0.2, 0) is 7.05 Å². The summed E-state index contributed by atoms with van der Waals surface area (Å²) in [5.41, 5.74) is 1.48. The molecule has 1 atom stereocenters. The van der Waals surface area contributed by atoms with Crippen LogP contribution in [0, 0.1) is 12.8 Å². The molecule has 7 heteroatoms. The van der Waals surface area contributed by atoms with Gasteiger partial charge in [-0.25, -0.2) is 4.98 Å².